The van der Waals surface area contributed by atoms with E-state index < -0.39 is 29.7 Å². The number of nitrogens with zero attached hydrogens (tertiary/aromatic N) is 2. The number of aliphatic hydroxyl groups is 1. The molecule has 0 spiro atoms. The lowest BCUT2D eigenvalue weighted by molar-refractivity contribution is -0.0113. The van der Waals surface area contributed by atoms with Crippen molar-refractivity contribution in [3.8, 4) is 5.75 Å². The van der Waals surface area contributed by atoms with Crippen LogP contribution in [0.25, 0.3) is 0 Å². The van der Waals surface area contributed by atoms with E-state index in [1.807, 2.05) is 36.9 Å². The standard InChI is InChI=1S/C33H43N3O7/c1-6-42-29-15-22(31(39)36-24-10-11-25(36)19-41-18-24)9-12-26(29)30(38)34-16-28(37)27-14-21-8-7-20(2)13-23(21)17-35(27)32(40)43-33(3,4)5/h7-9,12-13,15,24-25,27-28,37H,6,10-11,14,16-19H2,1-5H3,(H,34,38)/t24?,25?,27-,28+/m0/s1. The van der Waals surface area contributed by atoms with Gasteiger partial charge in [0.25, 0.3) is 11.8 Å². The summed E-state index contributed by atoms with van der Waals surface area (Å²) in [4.78, 5) is 43.4. The van der Waals surface area contributed by atoms with Gasteiger partial charge in [-0.25, -0.2) is 4.79 Å². The first-order chi connectivity index (χ1) is 20.4. The molecule has 2 aromatic rings. The predicted molar refractivity (Wildman–Crippen MR) is 160 cm³/mol. The number of hydrogen-bond acceptors (Lipinski definition) is 7. The Hall–Kier alpha value is -3.63. The summed E-state index contributed by atoms with van der Waals surface area (Å²) in [5.74, 6) is -0.226. The van der Waals surface area contributed by atoms with Crippen LogP contribution in [-0.2, 0) is 22.4 Å². The van der Waals surface area contributed by atoms with Gasteiger partial charge in [0.05, 0.1) is 49.6 Å². The number of rotatable bonds is 7. The number of morpholine rings is 1. The Kier molecular flexibility index (Phi) is 8.99. The monoisotopic (exact) mass is 593 g/mol. The normalized spacial score (nSPS) is 22.0. The van der Waals surface area contributed by atoms with E-state index in [4.69, 9.17) is 14.2 Å². The molecule has 3 heterocycles. The summed E-state index contributed by atoms with van der Waals surface area (Å²) in [5, 5.41) is 14.1. The van der Waals surface area contributed by atoms with Crippen LogP contribution < -0.4 is 10.1 Å². The van der Waals surface area contributed by atoms with Crippen LogP contribution in [-0.4, -0.2) is 89.0 Å². The van der Waals surface area contributed by atoms with Gasteiger partial charge in [-0.3, -0.25) is 14.5 Å². The van der Waals surface area contributed by atoms with Crippen LogP contribution in [0.1, 0.15) is 77.9 Å². The molecule has 2 fully saturated rings. The Bertz CT molecular complexity index is 1350. The molecule has 43 heavy (non-hydrogen) atoms. The topological polar surface area (TPSA) is 118 Å². The number of aryl methyl sites for hydroxylation is 1. The van der Waals surface area contributed by atoms with Gasteiger partial charge in [-0.1, -0.05) is 23.8 Å². The summed E-state index contributed by atoms with van der Waals surface area (Å²) in [5.41, 5.74) is 3.18. The molecule has 232 valence electrons. The minimum absolute atomic E-state index is 0.0716. The van der Waals surface area contributed by atoms with Gasteiger partial charge in [-0.15, -0.1) is 0 Å². The Balaban J connectivity index is 1.30. The van der Waals surface area contributed by atoms with Gasteiger partial charge in [-0.05, 0) is 83.2 Å². The summed E-state index contributed by atoms with van der Waals surface area (Å²) in [6.45, 7) is 10.8. The molecule has 10 nitrogen and oxygen atoms in total. The Morgan fingerprint density at radius 2 is 1.79 bits per heavy atom. The van der Waals surface area contributed by atoms with Gasteiger partial charge in [0.1, 0.15) is 11.4 Å². The number of hydrogen-bond donors (Lipinski definition) is 2. The molecule has 2 saturated heterocycles. The minimum atomic E-state index is -1.06. The van der Waals surface area contributed by atoms with Gasteiger partial charge >= 0.3 is 6.09 Å². The number of carbonyl (C=O) groups is 3. The minimum Gasteiger partial charge on any atom is -0.493 e. The van der Waals surface area contributed by atoms with Gasteiger partial charge in [0.2, 0.25) is 0 Å². The lowest BCUT2D eigenvalue weighted by Gasteiger charge is -2.40. The predicted octanol–water partition coefficient (Wildman–Crippen LogP) is 3.85. The third kappa shape index (κ3) is 6.80. The quantitative estimate of drug-likeness (QED) is 0.501. The SMILES string of the molecule is CCOc1cc(C(=O)N2C3CCC2COC3)ccc1C(=O)NC[C@@H](O)[C@@H]1Cc2ccc(C)cc2CN1C(=O)OC(C)(C)C. The molecule has 2 bridgehead atoms. The van der Waals surface area contributed by atoms with Crippen LogP contribution in [0.3, 0.4) is 0 Å². The molecule has 3 amide bonds. The highest BCUT2D eigenvalue weighted by Gasteiger charge is 2.41. The molecule has 0 saturated carbocycles. The van der Waals surface area contributed by atoms with Crippen LogP contribution >= 0.6 is 0 Å². The zero-order chi connectivity index (χ0) is 30.9. The lowest BCUT2D eigenvalue weighted by atomic mass is 9.90. The summed E-state index contributed by atoms with van der Waals surface area (Å²) >= 11 is 0. The fourth-order valence-electron chi connectivity index (χ4n) is 6.26. The number of aliphatic hydroxyl groups excluding tert-OH is 1. The number of ether oxygens (including phenoxy) is 3. The van der Waals surface area contributed by atoms with Gasteiger partial charge in [0.15, 0.2) is 0 Å². The Labute approximate surface area is 253 Å². The Morgan fingerprint density at radius 3 is 2.47 bits per heavy atom. The van der Waals surface area contributed by atoms with E-state index in [-0.39, 0.29) is 30.1 Å². The van der Waals surface area contributed by atoms with Crippen molar-refractivity contribution in [2.45, 2.75) is 90.3 Å². The molecular formula is C33H43N3O7. The number of fused-ring (bicyclic) bond motifs is 3. The van der Waals surface area contributed by atoms with Crippen molar-refractivity contribution in [1.82, 2.24) is 15.1 Å². The van der Waals surface area contributed by atoms with E-state index in [1.165, 1.54) is 0 Å². The maximum atomic E-state index is 13.4. The number of nitrogens with one attached hydrogen (secondary N) is 1. The van der Waals surface area contributed by atoms with Crippen molar-refractivity contribution < 1.29 is 33.7 Å². The number of carbonyl (C=O) groups excluding carboxylic acids is 3. The maximum absolute atomic E-state index is 13.4. The largest absolute Gasteiger partial charge is 0.493 e. The van der Waals surface area contributed by atoms with Crippen molar-refractivity contribution >= 4 is 17.9 Å². The van der Waals surface area contributed by atoms with Gasteiger partial charge in [0, 0.05) is 18.7 Å². The van der Waals surface area contributed by atoms with Crippen molar-refractivity contribution in [1.29, 1.82) is 0 Å². The summed E-state index contributed by atoms with van der Waals surface area (Å²) in [6.07, 6.45) is 0.711. The van der Waals surface area contributed by atoms with Crippen LogP contribution in [0.15, 0.2) is 36.4 Å². The van der Waals surface area contributed by atoms with Crippen molar-refractivity contribution in [2.75, 3.05) is 26.4 Å². The molecule has 10 heteroatoms. The maximum Gasteiger partial charge on any atom is 0.410 e. The van der Waals surface area contributed by atoms with E-state index in [1.54, 1.807) is 43.9 Å². The zero-order valence-electron chi connectivity index (χ0n) is 25.7. The molecule has 3 aliphatic heterocycles. The van der Waals surface area contributed by atoms with Crippen LogP contribution in [0.5, 0.6) is 5.75 Å². The average molecular weight is 594 g/mol. The molecule has 2 N–H and O–H groups in total. The van der Waals surface area contributed by atoms with Gasteiger partial charge < -0.3 is 29.5 Å². The summed E-state index contributed by atoms with van der Waals surface area (Å²) in [6, 6.07) is 10.5. The van der Waals surface area contributed by atoms with E-state index in [2.05, 4.69) is 5.32 Å². The zero-order valence-corrected chi connectivity index (χ0v) is 25.7. The average Bonchev–Trinajstić information content (AvgIpc) is 3.21. The highest BCUT2D eigenvalue weighted by molar-refractivity contribution is 6.00. The van der Waals surface area contributed by atoms with Crippen molar-refractivity contribution in [3.05, 3.63) is 64.2 Å². The first-order valence-electron chi connectivity index (χ1n) is 15.2. The fourth-order valence-corrected chi connectivity index (χ4v) is 6.26. The molecule has 5 rings (SSSR count). The second-order valence-corrected chi connectivity index (χ2v) is 12.7. The summed E-state index contributed by atoms with van der Waals surface area (Å²) in [7, 11) is 0. The fraction of sp³-hybridized carbons (Fsp3) is 0.545. The van der Waals surface area contributed by atoms with E-state index in [0.29, 0.717) is 44.1 Å². The second kappa shape index (κ2) is 12.5. The lowest BCUT2D eigenvalue weighted by Crippen LogP contribution is -2.54. The van der Waals surface area contributed by atoms with E-state index in [0.717, 1.165) is 29.5 Å². The first-order valence-corrected chi connectivity index (χ1v) is 15.2. The molecule has 0 aliphatic carbocycles. The van der Waals surface area contributed by atoms with E-state index in [9.17, 15) is 19.5 Å². The smallest absolute Gasteiger partial charge is 0.410 e. The highest BCUT2D eigenvalue weighted by Crippen LogP contribution is 2.32. The molecule has 0 aromatic heterocycles. The molecule has 4 atom stereocenters. The number of amides is 3. The first kappa shape index (κ1) is 30.8. The van der Waals surface area contributed by atoms with Crippen molar-refractivity contribution in [2.24, 2.45) is 0 Å². The van der Waals surface area contributed by atoms with Gasteiger partial charge in [-0.2, -0.15) is 0 Å². The van der Waals surface area contributed by atoms with E-state index >= 15 is 0 Å². The molecule has 2 unspecified atom stereocenters. The Morgan fingerprint density at radius 1 is 1.07 bits per heavy atom. The van der Waals surface area contributed by atoms with Crippen LogP contribution in [0.2, 0.25) is 0 Å². The molecule has 3 aliphatic rings. The molecule has 2 aromatic carbocycles. The second-order valence-electron chi connectivity index (χ2n) is 12.7. The molecule has 0 radical (unpaired) electrons. The molecular weight excluding hydrogens is 550 g/mol. The summed E-state index contributed by atoms with van der Waals surface area (Å²) < 4.78 is 17.1. The number of benzene rings is 2. The van der Waals surface area contributed by atoms with Crippen molar-refractivity contribution in [3.63, 3.8) is 0 Å². The van der Waals surface area contributed by atoms with Crippen LogP contribution in [0, 0.1) is 6.92 Å². The highest BCUT2D eigenvalue weighted by atomic mass is 16.6. The third-order valence-electron chi connectivity index (χ3n) is 8.32. The van der Waals surface area contributed by atoms with Crippen LogP contribution in [0.4, 0.5) is 4.79 Å². The third-order valence-corrected chi connectivity index (χ3v) is 8.32.